The third-order valence-electron chi connectivity index (χ3n) is 2.33. The van der Waals surface area contributed by atoms with Crippen LogP contribution in [0.1, 0.15) is 5.56 Å². The number of rotatable bonds is 2. The van der Waals surface area contributed by atoms with Crippen LogP contribution in [0.5, 0.6) is 0 Å². The van der Waals surface area contributed by atoms with Gasteiger partial charge in [-0.15, -0.1) is 0 Å². The predicted octanol–water partition coefficient (Wildman–Crippen LogP) is 3.32. The first-order valence-corrected chi connectivity index (χ1v) is 4.94. The highest BCUT2D eigenvalue weighted by atomic mass is 14.9. The summed E-state index contributed by atoms with van der Waals surface area (Å²) in [4.78, 5) is 0. The Bertz CT molecular complexity index is 449. The van der Waals surface area contributed by atoms with Gasteiger partial charge in [0.25, 0.3) is 0 Å². The van der Waals surface area contributed by atoms with Crippen LogP contribution in [-0.2, 0) is 0 Å². The van der Waals surface area contributed by atoms with Crippen molar-refractivity contribution >= 4 is 17.1 Å². The minimum atomic E-state index is 0.827. The van der Waals surface area contributed by atoms with Crippen molar-refractivity contribution in [2.45, 2.75) is 6.92 Å². The van der Waals surface area contributed by atoms with Crippen molar-refractivity contribution in [2.24, 2.45) is 0 Å². The van der Waals surface area contributed by atoms with Crippen molar-refractivity contribution in [3.8, 4) is 0 Å². The Hall–Kier alpha value is -1.96. The number of para-hydroxylation sites is 1. The fourth-order valence-corrected chi connectivity index (χ4v) is 1.44. The van der Waals surface area contributed by atoms with Gasteiger partial charge < -0.3 is 11.1 Å². The molecule has 0 bridgehead atoms. The Morgan fingerprint density at radius 2 is 1.67 bits per heavy atom. The molecule has 0 aliphatic rings. The van der Waals surface area contributed by atoms with E-state index in [1.54, 1.807) is 0 Å². The highest BCUT2D eigenvalue weighted by molar-refractivity contribution is 5.63. The Labute approximate surface area is 89.7 Å². The van der Waals surface area contributed by atoms with E-state index in [1.807, 2.05) is 55.5 Å². The van der Waals surface area contributed by atoms with Gasteiger partial charge in [0, 0.05) is 17.1 Å². The number of nitrogens with one attached hydrogen (secondary N) is 1. The zero-order valence-corrected chi connectivity index (χ0v) is 8.70. The molecule has 0 aliphatic heterocycles. The van der Waals surface area contributed by atoms with E-state index in [4.69, 9.17) is 5.73 Å². The molecular formula is C13H14N2. The molecule has 2 rings (SSSR count). The topological polar surface area (TPSA) is 38.0 Å². The zero-order chi connectivity index (χ0) is 10.7. The van der Waals surface area contributed by atoms with Gasteiger partial charge in [0.2, 0.25) is 0 Å². The molecule has 2 heteroatoms. The van der Waals surface area contributed by atoms with E-state index in [9.17, 15) is 0 Å². The van der Waals surface area contributed by atoms with E-state index in [-0.39, 0.29) is 0 Å². The Balaban J connectivity index is 2.22. The molecule has 15 heavy (non-hydrogen) atoms. The maximum absolute atomic E-state index is 5.75. The van der Waals surface area contributed by atoms with Crippen molar-refractivity contribution in [1.29, 1.82) is 0 Å². The lowest BCUT2D eigenvalue weighted by molar-refractivity contribution is 1.45. The molecule has 76 valence electrons. The molecule has 0 aliphatic carbocycles. The summed E-state index contributed by atoms with van der Waals surface area (Å²) in [6, 6.07) is 16.0. The number of hydrogen-bond donors (Lipinski definition) is 2. The van der Waals surface area contributed by atoms with Crippen LogP contribution in [0.15, 0.2) is 48.5 Å². The quantitative estimate of drug-likeness (QED) is 0.726. The fourth-order valence-electron chi connectivity index (χ4n) is 1.44. The summed E-state index contributed by atoms with van der Waals surface area (Å²) in [6.07, 6.45) is 0. The van der Waals surface area contributed by atoms with Crippen LogP contribution in [0.4, 0.5) is 17.1 Å². The van der Waals surface area contributed by atoms with Crippen LogP contribution in [0.2, 0.25) is 0 Å². The highest BCUT2D eigenvalue weighted by Crippen LogP contribution is 2.20. The number of anilines is 3. The minimum Gasteiger partial charge on any atom is -0.399 e. The van der Waals surface area contributed by atoms with Gasteiger partial charge in [0.15, 0.2) is 0 Å². The van der Waals surface area contributed by atoms with Crippen LogP contribution in [0, 0.1) is 6.92 Å². The van der Waals surface area contributed by atoms with Gasteiger partial charge in [-0.2, -0.15) is 0 Å². The molecule has 0 radical (unpaired) electrons. The maximum atomic E-state index is 5.75. The molecule has 0 amide bonds. The molecule has 0 unspecified atom stereocenters. The lowest BCUT2D eigenvalue weighted by Gasteiger charge is -2.08. The largest absolute Gasteiger partial charge is 0.399 e. The Morgan fingerprint density at radius 3 is 2.33 bits per heavy atom. The number of benzene rings is 2. The first-order valence-electron chi connectivity index (χ1n) is 4.94. The molecule has 0 spiro atoms. The van der Waals surface area contributed by atoms with Gasteiger partial charge in [-0.1, -0.05) is 18.2 Å². The van der Waals surface area contributed by atoms with Gasteiger partial charge >= 0.3 is 0 Å². The second-order valence-electron chi connectivity index (χ2n) is 3.56. The molecule has 3 N–H and O–H groups in total. The summed E-state index contributed by atoms with van der Waals surface area (Å²) < 4.78 is 0. The van der Waals surface area contributed by atoms with Crippen molar-refractivity contribution in [1.82, 2.24) is 0 Å². The summed E-state index contributed by atoms with van der Waals surface area (Å²) >= 11 is 0. The second kappa shape index (κ2) is 4.05. The summed E-state index contributed by atoms with van der Waals surface area (Å²) in [5, 5.41) is 3.32. The Kier molecular flexibility index (Phi) is 2.59. The average Bonchev–Trinajstić information content (AvgIpc) is 2.25. The summed E-state index contributed by atoms with van der Waals surface area (Å²) in [5.41, 5.74) is 9.82. The molecule has 2 aromatic carbocycles. The number of hydrogen-bond acceptors (Lipinski definition) is 2. The first kappa shape index (κ1) is 9.59. The first-order chi connectivity index (χ1) is 7.25. The lowest BCUT2D eigenvalue weighted by Crippen LogP contribution is -1.93. The molecule has 2 aromatic rings. The van der Waals surface area contributed by atoms with Gasteiger partial charge in [-0.3, -0.25) is 0 Å². The summed E-state index contributed by atoms with van der Waals surface area (Å²) in [6.45, 7) is 2.01. The standard InChI is InChI=1S/C13H14N2/c1-10-9-12(7-8-13(10)14)15-11-5-3-2-4-6-11/h2-9,15H,14H2,1H3. The van der Waals surface area contributed by atoms with Gasteiger partial charge in [-0.05, 0) is 42.8 Å². The minimum absolute atomic E-state index is 0.827. The third kappa shape index (κ3) is 2.29. The van der Waals surface area contributed by atoms with Gasteiger partial charge in [0.05, 0.1) is 0 Å². The smallest absolute Gasteiger partial charge is 0.0388 e. The molecule has 0 aromatic heterocycles. The van der Waals surface area contributed by atoms with Crippen molar-refractivity contribution in [2.75, 3.05) is 11.1 Å². The normalized spacial score (nSPS) is 9.93. The van der Waals surface area contributed by atoms with E-state index in [0.29, 0.717) is 0 Å². The predicted molar refractivity (Wildman–Crippen MR) is 65.3 cm³/mol. The molecule has 0 heterocycles. The number of nitrogen functional groups attached to an aromatic ring is 1. The second-order valence-corrected chi connectivity index (χ2v) is 3.56. The average molecular weight is 198 g/mol. The molecule has 0 atom stereocenters. The summed E-state index contributed by atoms with van der Waals surface area (Å²) in [5.74, 6) is 0. The van der Waals surface area contributed by atoms with E-state index in [1.165, 1.54) is 0 Å². The highest BCUT2D eigenvalue weighted by Gasteiger charge is 1.96. The molecule has 2 nitrogen and oxygen atoms in total. The van der Waals surface area contributed by atoms with Gasteiger partial charge in [0.1, 0.15) is 0 Å². The van der Waals surface area contributed by atoms with E-state index < -0.39 is 0 Å². The molecule has 0 fully saturated rings. The molecule has 0 saturated heterocycles. The van der Waals surface area contributed by atoms with E-state index in [2.05, 4.69) is 5.32 Å². The van der Waals surface area contributed by atoms with Crippen molar-refractivity contribution < 1.29 is 0 Å². The van der Waals surface area contributed by atoms with Crippen molar-refractivity contribution in [3.05, 3.63) is 54.1 Å². The number of aryl methyl sites for hydroxylation is 1. The molecule has 0 saturated carbocycles. The van der Waals surface area contributed by atoms with Gasteiger partial charge in [-0.25, -0.2) is 0 Å². The van der Waals surface area contributed by atoms with Crippen molar-refractivity contribution in [3.63, 3.8) is 0 Å². The molecular weight excluding hydrogens is 184 g/mol. The van der Waals surface area contributed by atoms with E-state index in [0.717, 1.165) is 22.6 Å². The summed E-state index contributed by atoms with van der Waals surface area (Å²) in [7, 11) is 0. The monoisotopic (exact) mass is 198 g/mol. The Morgan fingerprint density at radius 1 is 0.933 bits per heavy atom. The third-order valence-corrected chi connectivity index (χ3v) is 2.33. The van der Waals surface area contributed by atoms with E-state index >= 15 is 0 Å². The van der Waals surface area contributed by atoms with Crippen LogP contribution in [-0.4, -0.2) is 0 Å². The SMILES string of the molecule is Cc1cc(Nc2ccccc2)ccc1N. The van der Waals surface area contributed by atoms with Crippen LogP contribution in [0.25, 0.3) is 0 Å². The lowest BCUT2D eigenvalue weighted by atomic mass is 10.2. The fraction of sp³-hybridized carbons (Fsp3) is 0.0769. The van der Waals surface area contributed by atoms with Crippen LogP contribution in [0.3, 0.4) is 0 Å². The van der Waals surface area contributed by atoms with Crippen LogP contribution < -0.4 is 11.1 Å². The van der Waals surface area contributed by atoms with Crippen LogP contribution >= 0.6 is 0 Å². The number of nitrogens with two attached hydrogens (primary N) is 1. The zero-order valence-electron chi connectivity index (χ0n) is 8.70. The maximum Gasteiger partial charge on any atom is 0.0388 e.